The van der Waals surface area contributed by atoms with Gasteiger partial charge < -0.3 is 20.5 Å². The monoisotopic (exact) mass is 316 g/mol. The Morgan fingerprint density at radius 3 is 2.36 bits per heavy atom. The third-order valence-electron chi connectivity index (χ3n) is 3.48. The number of nitrogens with one attached hydrogen (secondary N) is 2. The van der Waals surface area contributed by atoms with Gasteiger partial charge in [-0.3, -0.25) is 9.59 Å². The van der Waals surface area contributed by atoms with E-state index in [4.69, 9.17) is 9.84 Å². The second-order valence-corrected chi connectivity index (χ2v) is 5.64. The largest absolute Gasteiger partial charge is 0.396 e. The van der Waals surface area contributed by atoms with Crippen LogP contribution in [0.5, 0.6) is 0 Å². The second-order valence-electron chi connectivity index (χ2n) is 5.64. The van der Waals surface area contributed by atoms with Crippen molar-refractivity contribution >= 4 is 11.8 Å². The smallest absolute Gasteiger partial charge is 0.219 e. The molecule has 0 fully saturated rings. The van der Waals surface area contributed by atoms with E-state index in [-0.39, 0.29) is 24.3 Å². The summed E-state index contributed by atoms with van der Waals surface area (Å²) in [7, 11) is 1.64. The van der Waals surface area contributed by atoms with Gasteiger partial charge >= 0.3 is 0 Å². The maximum absolute atomic E-state index is 11.6. The number of methoxy groups -OCH3 is 1. The van der Waals surface area contributed by atoms with Crippen molar-refractivity contribution in [1.29, 1.82) is 0 Å². The molecule has 0 bridgehead atoms. The Kier molecular flexibility index (Phi) is 14.0. The van der Waals surface area contributed by atoms with Crippen LogP contribution in [0.2, 0.25) is 0 Å². The SMILES string of the molecule is COC[C@H](CO)CCCCNC(=O)CCCCCNC(C)=O. The van der Waals surface area contributed by atoms with Gasteiger partial charge in [-0.25, -0.2) is 0 Å². The number of amides is 2. The molecule has 0 aromatic rings. The van der Waals surface area contributed by atoms with E-state index in [2.05, 4.69) is 10.6 Å². The van der Waals surface area contributed by atoms with Crippen LogP contribution in [-0.4, -0.2) is 50.3 Å². The molecule has 3 N–H and O–H groups in total. The first-order chi connectivity index (χ1) is 10.6. The van der Waals surface area contributed by atoms with E-state index in [0.29, 0.717) is 26.1 Å². The normalized spacial score (nSPS) is 12.0. The lowest BCUT2D eigenvalue weighted by Gasteiger charge is -2.12. The Labute approximate surface area is 134 Å². The summed E-state index contributed by atoms with van der Waals surface area (Å²) in [5.41, 5.74) is 0. The maximum atomic E-state index is 11.6. The molecule has 0 heterocycles. The summed E-state index contributed by atoms with van der Waals surface area (Å²) in [5.74, 6) is 0.283. The third kappa shape index (κ3) is 13.8. The number of aliphatic hydroxyl groups is 1. The highest BCUT2D eigenvalue weighted by molar-refractivity contribution is 5.75. The van der Waals surface area contributed by atoms with Gasteiger partial charge in [0, 0.05) is 46.1 Å². The standard InChI is InChI=1S/C16H32N2O4/c1-14(20)17-10-6-3-4-9-16(21)18-11-7-5-8-15(12-19)13-22-2/h15,19H,3-13H2,1-2H3,(H,17,20)(H,18,21)/t15-/m0/s1. The molecule has 6 nitrogen and oxygen atoms in total. The van der Waals surface area contributed by atoms with Gasteiger partial charge in [0.05, 0.1) is 6.61 Å². The number of carbonyl (C=O) groups is 2. The van der Waals surface area contributed by atoms with E-state index in [1.54, 1.807) is 7.11 Å². The number of hydrogen-bond acceptors (Lipinski definition) is 4. The molecule has 2 amide bonds. The molecule has 1 atom stereocenters. The highest BCUT2D eigenvalue weighted by Gasteiger charge is 2.06. The van der Waals surface area contributed by atoms with Crippen molar-refractivity contribution in [3.63, 3.8) is 0 Å². The molecule has 6 heteroatoms. The fourth-order valence-corrected chi connectivity index (χ4v) is 2.19. The molecule has 130 valence electrons. The predicted octanol–water partition coefficient (Wildman–Crippen LogP) is 1.22. The second kappa shape index (κ2) is 14.8. The number of unbranched alkanes of at least 4 members (excludes halogenated alkanes) is 3. The van der Waals surface area contributed by atoms with Crippen molar-refractivity contribution in [3.05, 3.63) is 0 Å². The van der Waals surface area contributed by atoms with Gasteiger partial charge in [0.25, 0.3) is 0 Å². The first kappa shape index (κ1) is 20.9. The van der Waals surface area contributed by atoms with Crippen molar-refractivity contribution < 1.29 is 19.4 Å². The average Bonchev–Trinajstić information content (AvgIpc) is 2.49. The minimum atomic E-state index is -0.00770. The van der Waals surface area contributed by atoms with Gasteiger partial charge in [-0.1, -0.05) is 12.8 Å². The van der Waals surface area contributed by atoms with Gasteiger partial charge in [0.1, 0.15) is 0 Å². The van der Waals surface area contributed by atoms with E-state index in [1.807, 2.05) is 0 Å². The number of aliphatic hydroxyl groups excluding tert-OH is 1. The summed E-state index contributed by atoms with van der Waals surface area (Å²) >= 11 is 0. The summed E-state index contributed by atoms with van der Waals surface area (Å²) < 4.78 is 5.02. The van der Waals surface area contributed by atoms with Gasteiger partial charge in [-0.05, 0) is 25.7 Å². The summed E-state index contributed by atoms with van der Waals surface area (Å²) in [6, 6.07) is 0. The van der Waals surface area contributed by atoms with E-state index < -0.39 is 0 Å². The van der Waals surface area contributed by atoms with Crippen LogP contribution in [0.4, 0.5) is 0 Å². The van der Waals surface area contributed by atoms with Crippen LogP contribution in [0, 0.1) is 5.92 Å². The van der Waals surface area contributed by atoms with Gasteiger partial charge in [-0.2, -0.15) is 0 Å². The molecule has 0 aliphatic heterocycles. The number of carbonyl (C=O) groups excluding carboxylic acids is 2. The van der Waals surface area contributed by atoms with Crippen LogP contribution < -0.4 is 10.6 Å². The zero-order chi connectivity index (χ0) is 16.6. The fourth-order valence-electron chi connectivity index (χ4n) is 2.19. The molecule has 22 heavy (non-hydrogen) atoms. The highest BCUT2D eigenvalue weighted by Crippen LogP contribution is 2.08. The zero-order valence-corrected chi connectivity index (χ0v) is 14.0. The van der Waals surface area contributed by atoms with E-state index in [1.165, 1.54) is 6.92 Å². The van der Waals surface area contributed by atoms with Crippen LogP contribution in [0.3, 0.4) is 0 Å². The Hall–Kier alpha value is -1.14. The van der Waals surface area contributed by atoms with Crippen molar-refractivity contribution in [3.8, 4) is 0 Å². The first-order valence-electron chi connectivity index (χ1n) is 8.21. The Morgan fingerprint density at radius 2 is 1.73 bits per heavy atom. The molecule has 0 spiro atoms. The summed E-state index contributed by atoms with van der Waals surface area (Å²) in [6.07, 6.45) is 6.08. The topological polar surface area (TPSA) is 87.7 Å². The average molecular weight is 316 g/mol. The molecule has 0 saturated carbocycles. The van der Waals surface area contributed by atoms with Gasteiger partial charge in [0.15, 0.2) is 0 Å². The predicted molar refractivity (Wildman–Crippen MR) is 86.5 cm³/mol. The Bertz CT molecular complexity index is 298. The Morgan fingerprint density at radius 1 is 1.05 bits per heavy atom. The minimum absolute atomic E-state index is 0.00770. The molecule has 0 aromatic heterocycles. The molecule has 0 unspecified atom stereocenters. The van der Waals surface area contributed by atoms with Crippen molar-refractivity contribution in [2.24, 2.45) is 5.92 Å². The summed E-state index contributed by atoms with van der Waals surface area (Å²) in [4.78, 5) is 22.3. The van der Waals surface area contributed by atoms with Crippen molar-refractivity contribution in [2.45, 2.75) is 51.9 Å². The molecule has 0 aliphatic rings. The molecule has 0 aliphatic carbocycles. The maximum Gasteiger partial charge on any atom is 0.219 e. The van der Waals surface area contributed by atoms with Crippen LogP contribution in [-0.2, 0) is 14.3 Å². The molecule has 0 rings (SSSR count). The van der Waals surface area contributed by atoms with Crippen LogP contribution >= 0.6 is 0 Å². The lowest BCUT2D eigenvalue weighted by atomic mass is 10.0. The Balaban J connectivity index is 3.37. The first-order valence-corrected chi connectivity index (χ1v) is 8.21. The summed E-state index contributed by atoms with van der Waals surface area (Å²) in [5, 5.41) is 14.8. The molecule has 0 aromatic carbocycles. The number of hydrogen-bond donors (Lipinski definition) is 3. The highest BCUT2D eigenvalue weighted by atomic mass is 16.5. The quantitative estimate of drug-likeness (QED) is 0.421. The third-order valence-corrected chi connectivity index (χ3v) is 3.48. The lowest BCUT2D eigenvalue weighted by molar-refractivity contribution is -0.121. The number of ether oxygens (including phenoxy) is 1. The van der Waals surface area contributed by atoms with E-state index in [9.17, 15) is 9.59 Å². The van der Waals surface area contributed by atoms with E-state index >= 15 is 0 Å². The minimum Gasteiger partial charge on any atom is -0.396 e. The fraction of sp³-hybridized carbons (Fsp3) is 0.875. The molecule has 0 radical (unpaired) electrons. The van der Waals surface area contributed by atoms with Crippen molar-refractivity contribution in [1.82, 2.24) is 10.6 Å². The lowest BCUT2D eigenvalue weighted by Crippen LogP contribution is -2.24. The van der Waals surface area contributed by atoms with Crippen LogP contribution in [0.25, 0.3) is 0 Å². The van der Waals surface area contributed by atoms with Crippen LogP contribution in [0.15, 0.2) is 0 Å². The van der Waals surface area contributed by atoms with Gasteiger partial charge in [0.2, 0.25) is 11.8 Å². The van der Waals surface area contributed by atoms with Gasteiger partial charge in [-0.15, -0.1) is 0 Å². The molecular formula is C16H32N2O4. The summed E-state index contributed by atoms with van der Waals surface area (Å²) in [6.45, 7) is 3.62. The molecule has 0 saturated heterocycles. The van der Waals surface area contributed by atoms with E-state index in [0.717, 1.165) is 38.5 Å². The van der Waals surface area contributed by atoms with Crippen LogP contribution in [0.1, 0.15) is 51.9 Å². The number of rotatable bonds is 14. The molecular weight excluding hydrogens is 284 g/mol. The van der Waals surface area contributed by atoms with Crippen molar-refractivity contribution in [2.75, 3.05) is 33.4 Å². The zero-order valence-electron chi connectivity index (χ0n) is 14.0.